The number of carbonyl (C=O) groups excluding carboxylic acids is 1. The standard InChI is InChI=1S/C28H29FN2O3/c1-21(22-7-11-24(29)12-8-22)28(33)23-9-13-27(14-10-23)34-20-26(32)19-30-15-17-31(18-16-30)25-5-3-2-4-6-25/h2-14,26,32H,1,15-20H2. The lowest BCUT2D eigenvalue weighted by molar-refractivity contribution is 0.0663. The second kappa shape index (κ2) is 11.1. The number of allylic oxidation sites excluding steroid dienone is 1. The van der Waals surface area contributed by atoms with Crippen LogP contribution in [0.4, 0.5) is 10.1 Å². The fourth-order valence-corrected chi connectivity index (χ4v) is 4.03. The van der Waals surface area contributed by atoms with E-state index in [9.17, 15) is 14.3 Å². The molecule has 1 aliphatic heterocycles. The van der Waals surface area contributed by atoms with Crippen molar-refractivity contribution >= 4 is 17.0 Å². The molecule has 34 heavy (non-hydrogen) atoms. The Balaban J connectivity index is 1.22. The Morgan fingerprint density at radius 1 is 0.912 bits per heavy atom. The Morgan fingerprint density at radius 3 is 2.18 bits per heavy atom. The fraction of sp³-hybridized carbons (Fsp3) is 0.250. The highest BCUT2D eigenvalue weighted by atomic mass is 19.1. The number of Topliss-reactive ketones (excluding diaryl/α,β-unsaturated/α-hetero) is 1. The van der Waals surface area contributed by atoms with Gasteiger partial charge >= 0.3 is 0 Å². The average Bonchev–Trinajstić information content (AvgIpc) is 2.88. The molecule has 1 N–H and O–H groups in total. The van der Waals surface area contributed by atoms with Crippen molar-refractivity contribution in [1.82, 2.24) is 4.90 Å². The maximum absolute atomic E-state index is 13.1. The van der Waals surface area contributed by atoms with E-state index in [1.807, 2.05) is 18.2 Å². The van der Waals surface area contributed by atoms with Crippen LogP contribution in [0.5, 0.6) is 5.75 Å². The van der Waals surface area contributed by atoms with E-state index in [-0.39, 0.29) is 18.2 Å². The molecule has 0 bridgehead atoms. The van der Waals surface area contributed by atoms with Crippen LogP contribution in [0.1, 0.15) is 15.9 Å². The SMILES string of the molecule is C=C(C(=O)c1ccc(OCC(O)CN2CCN(c3ccccc3)CC2)cc1)c1ccc(F)cc1. The molecule has 0 aromatic heterocycles. The molecule has 1 fully saturated rings. The zero-order chi connectivity index (χ0) is 23.9. The number of ether oxygens (including phenoxy) is 1. The molecule has 4 rings (SSSR count). The van der Waals surface area contributed by atoms with E-state index in [1.165, 1.54) is 30.0 Å². The van der Waals surface area contributed by atoms with E-state index in [1.54, 1.807) is 24.3 Å². The van der Waals surface area contributed by atoms with Crippen LogP contribution in [0.3, 0.4) is 0 Å². The topological polar surface area (TPSA) is 53.0 Å². The summed E-state index contributed by atoms with van der Waals surface area (Å²) in [5, 5.41) is 10.4. The van der Waals surface area contributed by atoms with Crippen molar-refractivity contribution in [3.8, 4) is 5.75 Å². The zero-order valence-corrected chi connectivity index (χ0v) is 19.1. The molecule has 1 atom stereocenters. The number of anilines is 1. The number of carbonyl (C=O) groups is 1. The van der Waals surface area contributed by atoms with Crippen LogP contribution >= 0.6 is 0 Å². The van der Waals surface area contributed by atoms with Gasteiger partial charge in [0.25, 0.3) is 0 Å². The molecule has 1 heterocycles. The lowest BCUT2D eigenvalue weighted by Gasteiger charge is -2.36. The van der Waals surface area contributed by atoms with Gasteiger partial charge in [-0.2, -0.15) is 0 Å². The van der Waals surface area contributed by atoms with E-state index in [4.69, 9.17) is 4.74 Å². The quantitative estimate of drug-likeness (QED) is 0.382. The summed E-state index contributed by atoms with van der Waals surface area (Å²) >= 11 is 0. The van der Waals surface area contributed by atoms with Gasteiger partial charge in [-0.3, -0.25) is 9.69 Å². The van der Waals surface area contributed by atoms with Gasteiger partial charge in [0.1, 0.15) is 24.3 Å². The Bertz CT molecular complexity index is 1090. The minimum atomic E-state index is -0.608. The molecule has 1 aliphatic rings. The van der Waals surface area contributed by atoms with Crippen molar-refractivity contribution in [2.24, 2.45) is 0 Å². The van der Waals surface area contributed by atoms with Crippen LogP contribution in [0.15, 0.2) is 85.4 Å². The van der Waals surface area contributed by atoms with Gasteiger partial charge in [-0.05, 0) is 54.1 Å². The van der Waals surface area contributed by atoms with Crippen LogP contribution in [0.2, 0.25) is 0 Å². The maximum atomic E-state index is 13.1. The summed E-state index contributed by atoms with van der Waals surface area (Å²) in [5.74, 6) is -0.00754. The van der Waals surface area contributed by atoms with E-state index in [0.717, 1.165) is 26.2 Å². The number of hydrogen-bond donors (Lipinski definition) is 1. The number of rotatable bonds is 9. The van der Waals surface area contributed by atoms with Gasteiger partial charge in [-0.1, -0.05) is 36.9 Å². The first-order valence-corrected chi connectivity index (χ1v) is 11.4. The fourth-order valence-electron chi connectivity index (χ4n) is 4.03. The predicted octanol–water partition coefficient (Wildman–Crippen LogP) is 4.28. The molecule has 6 heteroatoms. The third kappa shape index (κ3) is 6.10. The highest BCUT2D eigenvalue weighted by molar-refractivity contribution is 6.28. The normalized spacial score (nSPS) is 15.1. The summed E-state index contributed by atoms with van der Waals surface area (Å²) in [5.41, 5.74) is 2.59. The number of hydrogen-bond acceptors (Lipinski definition) is 5. The lowest BCUT2D eigenvalue weighted by Crippen LogP contribution is -2.49. The second-order valence-electron chi connectivity index (χ2n) is 8.43. The number of piperazine rings is 1. The average molecular weight is 461 g/mol. The van der Waals surface area contributed by atoms with Crippen molar-refractivity contribution in [1.29, 1.82) is 0 Å². The maximum Gasteiger partial charge on any atom is 0.193 e. The van der Waals surface area contributed by atoms with Crippen molar-refractivity contribution in [3.05, 3.63) is 102 Å². The molecular formula is C28H29FN2O3. The molecule has 0 radical (unpaired) electrons. The van der Waals surface area contributed by atoms with Gasteiger partial charge < -0.3 is 14.7 Å². The summed E-state index contributed by atoms with van der Waals surface area (Å²) in [6.07, 6.45) is -0.608. The number of aliphatic hydroxyl groups excluding tert-OH is 1. The van der Waals surface area contributed by atoms with Crippen LogP contribution in [0.25, 0.3) is 5.57 Å². The Labute approximate surface area is 199 Å². The van der Waals surface area contributed by atoms with E-state index in [0.29, 0.717) is 29.0 Å². The van der Waals surface area contributed by atoms with Crippen LogP contribution in [-0.2, 0) is 0 Å². The van der Waals surface area contributed by atoms with E-state index < -0.39 is 6.10 Å². The summed E-state index contributed by atoms with van der Waals surface area (Å²) in [6.45, 7) is 8.21. The Kier molecular flexibility index (Phi) is 7.72. The molecule has 3 aromatic carbocycles. The molecule has 0 aliphatic carbocycles. The van der Waals surface area contributed by atoms with Crippen molar-refractivity contribution in [3.63, 3.8) is 0 Å². The van der Waals surface area contributed by atoms with E-state index >= 15 is 0 Å². The van der Waals surface area contributed by atoms with Gasteiger partial charge in [0.2, 0.25) is 0 Å². The number of β-amino-alcohol motifs (C(OH)–C–C–N with tert-alkyl or cyclic N) is 1. The molecule has 0 amide bonds. The van der Waals surface area contributed by atoms with Gasteiger partial charge in [-0.25, -0.2) is 4.39 Å². The van der Waals surface area contributed by atoms with Crippen LogP contribution in [0, 0.1) is 5.82 Å². The summed E-state index contributed by atoms with van der Waals surface area (Å²) < 4.78 is 18.8. The molecular weight excluding hydrogens is 431 g/mol. The monoisotopic (exact) mass is 460 g/mol. The van der Waals surface area contributed by atoms with E-state index in [2.05, 4.69) is 28.5 Å². The molecule has 0 saturated carbocycles. The number of aliphatic hydroxyl groups is 1. The third-order valence-corrected chi connectivity index (χ3v) is 5.99. The second-order valence-corrected chi connectivity index (χ2v) is 8.43. The molecule has 5 nitrogen and oxygen atoms in total. The summed E-state index contributed by atoms with van der Waals surface area (Å²) in [7, 11) is 0. The lowest BCUT2D eigenvalue weighted by atomic mass is 9.98. The first-order valence-electron chi connectivity index (χ1n) is 11.4. The minimum Gasteiger partial charge on any atom is -0.491 e. The number of benzene rings is 3. The summed E-state index contributed by atoms with van der Waals surface area (Å²) in [4.78, 5) is 17.3. The van der Waals surface area contributed by atoms with Gasteiger partial charge in [0.15, 0.2) is 5.78 Å². The first-order chi connectivity index (χ1) is 16.5. The van der Waals surface area contributed by atoms with Crippen molar-refractivity contribution < 1.29 is 19.0 Å². The number of halogens is 1. The van der Waals surface area contributed by atoms with Crippen LogP contribution < -0.4 is 9.64 Å². The number of ketones is 1. The molecule has 3 aromatic rings. The largest absolute Gasteiger partial charge is 0.491 e. The Hall–Kier alpha value is -3.48. The predicted molar refractivity (Wildman–Crippen MR) is 133 cm³/mol. The smallest absolute Gasteiger partial charge is 0.193 e. The van der Waals surface area contributed by atoms with Crippen molar-refractivity contribution in [2.45, 2.75) is 6.10 Å². The summed E-state index contributed by atoms with van der Waals surface area (Å²) in [6, 6.07) is 22.8. The molecule has 1 saturated heterocycles. The van der Waals surface area contributed by atoms with Gasteiger partial charge in [-0.15, -0.1) is 0 Å². The minimum absolute atomic E-state index is 0.175. The van der Waals surface area contributed by atoms with Gasteiger partial charge in [0, 0.05) is 49.5 Å². The number of nitrogens with zero attached hydrogens (tertiary/aromatic N) is 2. The third-order valence-electron chi connectivity index (χ3n) is 5.99. The Morgan fingerprint density at radius 2 is 1.53 bits per heavy atom. The van der Waals surface area contributed by atoms with Gasteiger partial charge in [0.05, 0.1) is 0 Å². The molecule has 0 spiro atoms. The zero-order valence-electron chi connectivity index (χ0n) is 19.1. The molecule has 1 unspecified atom stereocenters. The van der Waals surface area contributed by atoms with Crippen molar-refractivity contribution in [2.75, 3.05) is 44.2 Å². The van der Waals surface area contributed by atoms with Crippen LogP contribution in [-0.4, -0.2) is 61.2 Å². The molecule has 176 valence electrons. The highest BCUT2D eigenvalue weighted by Crippen LogP contribution is 2.21. The first kappa shape index (κ1) is 23.7. The number of para-hydroxylation sites is 1. The highest BCUT2D eigenvalue weighted by Gasteiger charge is 2.20.